The topological polar surface area (TPSA) is 73.1 Å². The molecule has 0 aromatic heterocycles. The van der Waals surface area contributed by atoms with Gasteiger partial charge in [-0.2, -0.15) is 5.26 Å². The van der Waals surface area contributed by atoms with Gasteiger partial charge in [-0.25, -0.2) is 4.79 Å². The Labute approximate surface area is 110 Å². The molecule has 0 bridgehead atoms. The first-order chi connectivity index (χ1) is 9.20. The number of carbonyl (C=O) groups is 1. The molecule has 0 aliphatic carbocycles. The molecule has 0 unspecified atom stereocenters. The molecule has 4 nitrogen and oxygen atoms in total. The van der Waals surface area contributed by atoms with Gasteiger partial charge in [-0.1, -0.05) is 24.3 Å². The standard InChI is InChI=1S/C15H12N2O2/c16-10-9-11-5-7-12(8-6-11)17-14-4-2-1-3-13(14)15(18)19/h1-8,17H,9H2,(H,18,19). The first kappa shape index (κ1) is 12.7. The highest BCUT2D eigenvalue weighted by molar-refractivity contribution is 5.95. The van der Waals surface area contributed by atoms with Crippen LogP contribution in [0.4, 0.5) is 11.4 Å². The molecule has 0 heterocycles. The summed E-state index contributed by atoms with van der Waals surface area (Å²) in [6.07, 6.45) is 0.367. The van der Waals surface area contributed by atoms with Gasteiger partial charge in [-0.05, 0) is 29.8 Å². The number of nitrogens with one attached hydrogen (secondary N) is 1. The van der Waals surface area contributed by atoms with Crippen molar-refractivity contribution in [1.82, 2.24) is 0 Å². The zero-order chi connectivity index (χ0) is 13.7. The number of carboxylic acid groups (broad SMARTS) is 1. The lowest BCUT2D eigenvalue weighted by atomic mass is 10.1. The van der Waals surface area contributed by atoms with Crippen molar-refractivity contribution in [2.45, 2.75) is 6.42 Å². The van der Waals surface area contributed by atoms with Gasteiger partial charge in [-0.15, -0.1) is 0 Å². The minimum atomic E-state index is -0.968. The summed E-state index contributed by atoms with van der Waals surface area (Å²) >= 11 is 0. The maximum atomic E-state index is 11.1. The quantitative estimate of drug-likeness (QED) is 0.876. The summed E-state index contributed by atoms with van der Waals surface area (Å²) in [6.45, 7) is 0. The van der Waals surface area contributed by atoms with E-state index < -0.39 is 5.97 Å². The molecule has 0 aliphatic rings. The Morgan fingerprint density at radius 2 is 1.84 bits per heavy atom. The molecule has 0 fully saturated rings. The number of rotatable bonds is 4. The first-order valence-electron chi connectivity index (χ1n) is 5.76. The van der Waals surface area contributed by atoms with Gasteiger partial charge in [0.15, 0.2) is 0 Å². The highest BCUT2D eigenvalue weighted by Gasteiger charge is 2.08. The summed E-state index contributed by atoms with van der Waals surface area (Å²) in [5.41, 5.74) is 2.49. The third-order valence-corrected chi connectivity index (χ3v) is 2.67. The maximum Gasteiger partial charge on any atom is 0.337 e. The molecule has 94 valence electrons. The summed E-state index contributed by atoms with van der Waals surface area (Å²) in [5, 5.41) is 20.7. The van der Waals surface area contributed by atoms with Gasteiger partial charge in [0.1, 0.15) is 0 Å². The lowest BCUT2D eigenvalue weighted by Crippen LogP contribution is -2.02. The maximum absolute atomic E-state index is 11.1. The van der Waals surface area contributed by atoms with Gasteiger partial charge >= 0.3 is 5.97 Å². The van der Waals surface area contributed by atoms with E-state index in [1.54, 1.807) is 24.3 Å². The average molecular weight is 252 g/mol. The summed E-state index contributed by atoms with van der Waals surface area (Å²) in [6, 6.07) is 16.1. The van der Waals surface area contributed by atoms with Crippen molar-refractivity contribution in [1.29, 1.82) is 5.26 Å². The Hall–Kier alpha value is -2.80. The van der Waals surface area contributed by atoms with Gasteiger partial charge in [0.05, 0.1) is 23.7 Å². The number of carboxylic acids is 1. The number of hydrogen-bond acceptors (Lipinski definition) is 3. The van der Waals surface area contributed by atoms with Crippen LogP contribution in [0.15, 0.2) is 48.5 Å². The molecular formula is C15H12N2O2. The van der Waals surface area contributed by atoms with Crippen molar-refractivity contribution < 1.29 is 9.90 Å². The van der Waals surface area contributed by atoms with E-state index >= 15 is 0 Å². The summed E-state index contributed by atoms with van der Waals surface area (Å²) < 4.78 is 0. The van der Waals surface area contributed by atoms with Crippen LogP contribution in [-0.4, -0.2) is 11.1 Å². The molecule has 4 heteroatoms. The molecule has 0 atom stereocenters. The van der Waals surface area contributed by atoms with Crippen molar-refractivity contribution in [3.05, 3.63) is 59.7 Å². The second-order valence-corrected chi connectivity index (χ2v) is 4.01. The molecule has 2 rings (SSSR count). The molecule has 0 radical (unpaired) electrons. The van der Waals surface area contributed by atoms with Crippen molar-refractivity contribution in [2.24, 2.45) is 0 Å². The van der Waals surface area contributed by atoms with Crippen molar-refractivity contribution in [3.8, 4) is 6.07 Å². The van der Waals surface area contributed by atoms with Crippen LogP contribution < -0.4 is 5.32 Å². The van der Waals surface area contributed by atoms with Gasteiger partial charge in [0.25, 0.3) is 0 Å². The lowest BCUT2D eigenvalue weighted by Gasteiger charge is -2.09. The smallest absolute Gasteiger partial charge is 0.337 e. The van der Waals surface area contributed by atoms with Crippen molar-refractivity contribution >= 4 is 17.3 Å². The van der Waals surface area contributed by atoms with E-state index in [-0.39, 0.29) is 5.56 Å². The fourth-order valence-electron chi connectivity index (χ4n) is 1.73. The lowest BCUT2D eigenvalue weighted by molar-refractivity contribution is 0.0698. The molecule has 2 aromatic carbocycles. The number of aromatic carboxylic acids is 1. The third-order valence-electron chi connectivity index (χ3n) is 2.67. The number of hydrogen-bond donors (Lipinski definition) is 2. The van der Waals surface area contributed by atoms with Crippen LogP contribution in [0.3, 0.4) is 0 Å². The Balaban J connectivity index is 2.22. The highest BCUT2D eigenvalue weighted by atomic mass is 16.4. The molecule has 0 aliphatic heterocycles. The number of nitriles is 1. The molecule has 2 aromatic rings. The molecule has 0 saturated carbocycles. The van der Waals surface area contributed by atoms with Crippen LogP contribution in [0.2, 0.25) is 0 Å². The van der Waals surface area contributed by atoms with Crippen LogP contribution >= 0.6 is 0 Å². The average Bonchev–Trinajstić information content (AvgIpc) is 2.42. The fraction of sp³-hybridized carbons (Fsp3) is 0.0667. The number of benzene rings is 2. The monoisotopic (exact) mass is 252 g/mol. The number of nitrogens with zero attached hydrogens (tertiary/aromatic N) is 1. The first-order valence-corrected chi connectivity index (χ1v) is 5.76. The Morgan fingerprint density at radius 3 is 2.47 bits per heavy atom. The SMILES string of the molecule is N#CCc1ccc(Nc2ccccc2C(=O)O)cc1. The molecule has 0 saturated heterocycles. The van der Waals surface area contributed by atoms with E-state index in [2.05, 4.69) is 11.4 Å². The largest absolute Gasteiger partial charge is 0.478 e. The Bertz CT molecular complexity index is 627. The normalized spacial score (nSPS) is 9.63. The van der Waals surface area contributed by atoms with Crippen LogP contribution in [0.1, 0.15) is 15.9 Å². The van der Waals surface area contributed by atoms with E-state index in [1.807, 2.05) is 24.3 Å². The molecule has 0 spiro atoms. The van der Waals surface area contributed by atoms with Gasteiger partial charge in [0, 0.05) is 5.69 Å². The third kappa shape index (κ3) is 3.11. The predicted molar refractivity (Wildman–Crippen MR) is 72.4 cm³/mol. The highest BCUT2D eigenvalue weighted by Crippen LogP contribution is 2.21. The molecular weight excluding hydrogens is 240 g/mol. The second-order valence-electron chi connectivity index (χ2n) is 4.01. The summed E-state index contributed by atoms with van der Waals surface area (Å²) in [7, 11) is 0. The van der Waals surface area contributed by atoms with Crippen molar-refractivity contribution in [2.75, 3.05) is 5.32 Å². The zero-order valence-corrected chi connectivity index (χ0v) is 10.1. The van der Waals surface area contributed by atoms with E-state index in [1.165, 1.54) is 0 Å². The van der Waals surface area contributed by atoms with E-state index in [9.17, 15) is 4.79 Å². The van der Waals surface area contributed by atoms with Gasteiger partial charge < -0.3 is 10.4 Å². The van der Waals surface area contributed by atoms with Crippen LogP contribution in [0.25, 0.3) is 0 Å². The summed E-state index contributed by atoms with van der Waals surface area (Å²) in [4.78, 5) is 11.1. The Morgan fingerprint density at radius 1 is 1.16 bits per heavy atom. The Kier molecular flexibility index (Phi) is 3.79. The molecule has 0 amide bonds. The minimum absolute atomic E-state index is 0.226. The number of anilines is 2. The van der Waals surface area contributed by atoms with E-state index in [0.717, 1.165) is 11.3 Å². The molecule has 19 heavy (non-hydrogen) atoms. The predicted octanol–water partition coefficient (Wildman–Crippen LogP) is 3.19. The summed E-state index contributed by atoms with van der Waals surface area (Å²) in [5.74, 6) is -0.968. The zero-order valence-electron chi connectivity index (χ0n) is 10.1. The minimum Gasteiger partial charge on any atom is -0.478 e. The molecule has 2 N–H and O–H groups in total. The number of para-hydroxylation sites is 1. The van der Waals surface area contributed by atoms with Crippen LogP contribution in [0, 0.1) is 11.3 Å². The van der Waals surface area contributed by atoms with Gasteiger partial charge in [0.2, 0.25) is 0 Å². The second kappa shape index (κ2) is 5.69. The van der Waals surface area contributed by atoms with Gasteiger partial charge in [-0.3, -0.25) is 0 Å². The fourth-order valence-corrected chi connectivity index (χ4v) is 1.73. The van der Waals surface area contributed by atoms with E-state index in [4.69, 9.17) is 10.4 Å². The van der Waals surface area contributed by atoms with Crippen LogP contribution in [0.5, 0.6) is 0 Å². The van der Waals surface area contributed by atoms with Crippen molar-refractivity contribution in [3.63, 3.8) is 0 Å². The van der Waals surface area contributed by atoms with Crippen LogP contribution in [-0.2, 0) is 6.42 Å². The van der Waals surface area contributed by atoms with E-state index in [0.29, 0.717) is 12.1 Å².